The Morgan fingerprint density at radius 2 is 2.21 bits per heavy atom. The molecule has 0 radical (unpaired) electrons. The summed E-state index contributed by atoms with van der Waals surface area (Å²) >= 11 is 0. The number of aryl methyl sites for hydroxylation is 1. The number of nitrogens with two attached hydrogens (primary N) is 1. The lowest BCUT2D eigenvalue weighted by Gasteiger charge is -2.05. The van der Waals surface area contributed by atoms with Crippen LogP contribution in [0.4, 0.5) is 0 Å². The van der Waals surface area contributed by atoms with E-state index in [4.69, 9.17) is 11.0 Å². The number of aldehydes is 1. The molecule has 0 aliphatic rings. The van der Waals surface area contributed by atoms with Crippen LogP contribution in [-0.2, 0) is 0 Å². The summed E-state index contributed by atoms with van der Waals surface area (Å²) in [6, 6.07) is 4.94. The molecule has 1 aromatic rings. The molecule has 0 aliphatic carbocycles. The fraction of sp³-hybridized carbons (Fsp3) is 0.100. The Hall–Kier alpha value is -2.15. The van der Waals surface area contributed by atoms with E-state index in [1.807, 2.05) is 6.07 Å². The summed E-state index contributed by atoms with van der Waals surface area (Å²) in [5.41, 5.74) is 6.04. The van der Waals surface area contributed by atoms with Crippen molar-refractivity contribution in [3.63, 3.8) is 0 Å². The van der Waals surface area contributed by atoms with Crippen molar-refractivity contribution in [2.75, 3.05) is 0 Å². The van der Waals surface area contributed by atoms with Crippen molar-refractivity contribution in [3.8, 4) is 6.07 Å². The molecular weight excluding hydrogens is 180 g/mol. The van der Waals surface area contributed by atoms with Gasteiger partial charge in [0.25, 0.3) is 5.91 Å². The van der Waals surface area contributed by atoms with Gasteiger partial charge in [-0.1, -0.05) is 12.1 Å². The lowest BCUT2D eigenvalue weighted by Crippen LogP contribution is -2.16. The Labute approximate surface area is 80.9 Å². The van der Waals surface area contributed by atoms with Gasteiger partial charge < -0.3 is 5.73 Å². The molecule has 0 saturated heterocycles. The summed E-state index contributed by atoms with van der Waals surface area (Å²) in [6.45, 7) is 1.68. The van der Waals surface area contributed by atoms with Crippen molar-refractivity contribution in [3.05, 3.63) is 34.4 Å². The molecule has 0 unspecified atom stereocenters. The van der Waals surface area contributed by atoms with E-state index in [0.29, 0.717) is 11.8 Å². The van der Waals surface area contributed by atoms with Crippen molar-refractivity contribution in [1.29, 1.82) is 5.26 Å². The summed E-state index contributed by atoms with van der Waals surface area (Å²) in [6.07, 6.45) is 0.514. The number of nitrogens with zero attached hydrogens (tertiary/aromatic N) is 1. The maximum absolute atomic E-state index is 11.0. The van der Waals surface area contributed by atoms with Crippen LogP contribution in [0.3, 0.4) is 0 Å². The molecule has 0 aromatic heterocycles. The third kappa shape index (κ3) is 1.48. The van der Waals surface area contributed by atoms with Gasteiger partial charge in [-0.05, 0) is 12.5 Å². The predicted octanol–water partition coefficient (Wildman–Crippen LogP) is 0.778. The van der Waals surface area contributed by atoms with Crippen LogP contribution in [0, 0.1) is 18.3 Å². The molecule has 14 heavy (non-hydrogen) atoms. The number of benzene rings is 1. The maximum atomic E-state index is 11.0. The van der Waals surface area contributed by atoms with Crippen LogP contribution in [0.25, 0.3) is 0 Å². The lowest BCUT2D eigenvalue weighted by atomic mass is 9.97. The van der Waals surface area contributed by atoms with E-state index in [-0.39, 0.29) is 16.7 Å². The molecule has 4 heteroatoms. The van der Waals surface area contributed by atoms with Crippen LogP contribution < -0.4 is 5.73 Å². The topological polar surface area (TPSA) is 84.0 Å². The molecule has 0 aliphatic heterocycles. The molecule has 4 nitrogen and oxygen atoms in total. The first-order chi connectivity index (χ1) is 6.61. The molecule has 1 aromatic carbocycles. The van der Waals surface area contributed by atoms with Crippen LogP contribution >= 0.6 is 0 Å². The molecule has 1 amide bonds. The van der Waals surface area contributed by atoms with Crippen molar-refractivity contribution in [1.82, 2.24) is 0 Å². The van der Waals surface area contributed by atoms with Crippen LogP contribution in [0.1, 0.15) is 31.8 Å². The molecule has 0 saturated carbocycles. The zero-order valence-corrected chi connectivity index (χ0v) is 7.57. The number of carbonyl (C=O) groups is 2. The second-order valence-corrected chi connectivity index (χ2v) is 2.82. The molecule has 0 bridgehead atoms. The zero-order chi connectivity index (χ0) is 10.7. The number of amides is 1. The third-order valence-corrected chi connectivity index (χ3v) is 1.93. The Kier molecular flexibility index (Phi) is 2.63. The van der Waals surface area contributed by atoms with E-state index in [0.717, 1.165) is 0 Å². The van der Waals surface area contributed by atoms with Gasteiger partial charge in [0.15, 0.2) is 6.29 Å². The zero-order valence-electron chi connectivity index (χ0n) is 7.57. The number of hydrogen-bond acceptors (Lipinski definition) is 3. The number of hydrogen-bond donors (Lipinski definition) is 1. The van der Waals surface area contributed by atoms with Gasteiger partial charge in [-0.2, -0.15) is 5.26 Å². The first-order valence-corrected chi connectivity index (χ1v) is 3.90. The van der Waals surface area contributed by atoms with Crippen molar-refractivity contribution >= 4 is 12.2 Å². The minimum atomic E-state index is -0.757. The molecule has 0 spiro atoms. The average molecular weight is 188 g/mol. The normalized spacial score (nSPS) is 9.14. The third-order valence-electron chi connectivity index (χ3n) is 1.93. The monoisotopic (exact) mass is 188 g/mol. The Morgan fingerprint density at radius 3 is 2.64 bits per heavy atom. The highest BCUT2D eigenvalue weighted by Crippen LogP contribution is 2.16. The first kappa shape index (κ1) is 9.93. The number of primary amides is 1. The second-order valence-electron chi connectivity index (χ2n) is 2.82. The van der Waals surface area contributed by atoms with Gasteiger partial charge in [0.2, 0.25) is 0 Å². The highest BCUT2D eigenvalue weighted by Gasteiger charge is 2.15. The fourth-order valence-corrected chi connectivity index (χ4v) is 1.23. The van der Waals surface area contributed by atoms with Gasteiger partial charge in [0.1, 0.15) is 6.07 Å². The van der Waals surface area contributed by atoms with E-state index in [9.17, 15) is 9.59 Å². The summed E-state index contributed by atoms with van der Waals surface area (Å²) in [5, 5.41) is 8.79. The molecule has 1 rings (SSSR count). The van der Waals surface area contributed by atoms with E-state index in [1.165, 1.54) is 6.07 Å². The highest BCUT2D eigenvalue weighted by molar-refractivity contribution is 6.03. The van der Waals surface area contributed by atoms with Gasteiger partial charge >= 0.3 is 0 Å². The van der Waals surface area contributed by atoms with E-state index in [2.05, 4.69) is 0 Å². The number of nitriles is 1. The summed E-state index contributed by atoms with van der Waals surface area (Å²) < 4.78 is 0. The summed E-state index contributed by atoms with van der Waals surface area (Å²) in [4.78, 5) is 21.6. The van der Waals surface area contributed by atoms with Crippen LogP contribution in [0.5, 0.6) is 0 Å². The predicted molar refractivity (Wildman–Crippen MR) is 49.8 cm³/mol. The maximum Gasteiger partial charge on any atom is 0.250 e. The quantitative estimate of drug-likeness (QED) is 0.696. The van der Waals surface area contributed by atoms with Crippen molar-refractivity contribution in [2.45, 2.75) is 6.92 Å². The van der Waals surface area contributed by atoms with Gasteiger partial charge in [0, 0.05) is 5.56 Å². The average Bonchev–Trinajstić information content (AvgIpc) is 2.17. The van der Waals surface area contributed by atoms with Crippen molar-refractivity contribution < 1.29 is 9.59 Å². The lowest BCUT2D eigenvalue weighted by molar-refractivity contribution is 0.0992. The van der Waals surface area contributed by atoms with Crippen LogP contribution in [0.2, 0.25) is 0 Å². The number of carbonyl (C=O) groups excluding carboxylic acids is 2. The molecule has 0 fully saturated rings. The molecular formula is C10H8N2O2. The standard InChI is InChI=1S/C10H8N2O2/c1-6-2-3-7(5-13)9(10(12)14)8(6)4-11/h2-3,5H,1H3,(H2,12,14). The van der Waals surface area contributed by atoms with Gasteiger partial charge in [0.05, 0.1) is 11.1 Å². The van der Waals surface area contributed by atoms with Gasteiger partial charge in [-0.25, -0.2) is 0 Å². The minimum Gasteiger partial charge on any atom is -0.366 e. The second kappa shape index (κ2) is 3.71. The molecule has 70 valence electrons. The van der Waals surface area contributed by atoms with E-state index < -0.39 is 5.91 Å². The Bertz CT molecular complexity index is 444. The van der Waals surface area contributed by atoms with E-state index in [1.54, 1.807) is 13.0 Å². The minimum absolute atomic E-state index is 0.00231. The SMILES string of the molecule is Cc1ccc(C=O)c(C(N)=O)c1C#N. The molecule has 0 heterocycles. The van der Waals surface area contributed by atoms with Gasteiger partial charge in [-0.3, -0.25) is 9.59 Å². The molecule has 0 atom stereocenters. The largest absolute Gasteiger partial charge is 0.366 e. The highest BCUT2D eigenvalue weighted by atomic mass is 16.1. The first-order valence-electron chi connectivity index (χ1n) is 3.90. The van der Waals surface area contributed by atoms with E-state index >= 15 is 0 Å². The van der Waals surface area contributed by atoms with Gasteiger partial charge in [-0.15, -0.1) is 0 Å². The Balaban J connectivity index is 3.62. The molecule has 2 N–H and O–H groups in total. The summed E-state index contributed by atoms with van der Waals surface area (Å²) in [5.74, 6) is -0.757. The summed E-state index contributed by atoms with van der Waals surface area (Å²) in [7, 11) is 0. The smallest absolute Gasteiger partial charge is 0.250 e. The van der Waals surface area contributed by atoms with Crippen LogP contribution in [-0.4, -0.2) is 12.2 Å². The fourth-order valence-electron chi connectivity index (χ4n) is 1.23. The van der Waals surface area contributed by atoms with Crippen LogP contribution in [0.15, 0.2) is 12.1 Å². The Morgan fingerprint density at radius 1 is 1.57 bits per heavy atom. The number of rotatable bonds is 2. The van der Waals surface area contributed by atoms with Crippen molar-refractivity contribution in [2.24, 2.45) is 5.73 Å².